The monoisotopic (exact) mass is 459 g/mol. The normalized spacial score (nSPS) is 26.4. The average Bonchev–Trinajstić information content (AvgIpc) is 3.16. The molecular weight excluding hydrogens is 426 g/mol. The quantitative estimate of drug-likeness (QED) is 0.689. The fourth-order valence-corrected chi connectivity index (χ4v) is 5.86. The number of anilines is 1. The summed E-state index contributed by atoms with van der Waals surface area (Å²) in [7, 11) is -1.62. The molecule has 0 radical (unpaired) electrons. The summed E-state index contributed by atoms with van der Waals surface area (Å²) >= 11 is 0. The van der Waals surface area contributed by atoms with Gasteiger partial charge in [-0.2, -0.15) is 0 Å². The van der Waals surface area contributed by atoms with Crippen LogP contribution < -0.4 is 15.2 Å². The zero-order valence-electron chi connectivity index (χ0n) is 18.8. The highest BCUT2D eigenvalue weighted by Gasteiger charge is 2.37. The maximum absolute atomic E-state index is 12.2. The van der Waals surface area contributed by atoms with Gasteiger partial charge in [-0.05, 0) is 49.7 Å². The molecule has 0 unspecified atom stereocenters. The molecule has 4 rings (SSSR count). The first kappa shape index (κ1) is 23.0. The Bertz CT molecular complexity index is 1060. The molecule has 7 nitrogen and oxygen atoms in total. The van der Waals surface area contributed by atoms with Crippen LogP contribution in [0.4, 0.5) is 5.69 Å². The van der Waals surface area contributed by atoms with Crippen molar-refractivity contribution in [3.63, 3.8) is 0 Å². The lowest BCUT2D eigenvalue weighted by Crippen LogP contribution is -2.48. The van der Waals surface area contributed by atoms with E-state index in [9.17, 15) is 13.2 Å². The maximum Gasteiger partial charge on any atom is 0.252 e. The number of rotatable bonds is 7. The van der Waals surface area contributed by atoms with E-state index < -0.39 is 10.0 Å². The molecule has 1 saturated carbocycles. The van der Waals surface area contributed by atoms with E-state index in [-0.39, 0.29) is 23.7 Å². The lowest BCUT2D eigenvalue weighted by molar-refractivity contribution is 0.0157. The van der Waals surface area contributed by atoms with Crippen molar-refractivity contribution in [3.05, 3.63) is 64.6 Å². The fourth-order valence-electron chi connectivity index (χ4n) is 5.03. The van der Waals surface area contributed by atoms with Gasteiger partial charge in [-0.15, -0.1) is 0 Å². The van der Waals surface area contributed by atoms with Crippen LogP contribution in [0, 0.1) is 0 Å². The van der Waals surface area contributed by atoms with Crippen LogP contribution >= 0.6 is 0 Å². The number of hydrogen-bond acceptors (Lipinski definition) is 5. The summed E-state index contributed by atoms with van der Waals surface area (Å²) in [4.78, 5) is 14.3. The summed E-state index contributed by atoms with van der Waals surface area (Å²) in [5, 5.41) is 0. The molecule has 1 saturated heterocycles. The molecule has 0 bridgehead atoms. The first-order valence-corrected chi connectivity index (χ1v) is 13.3. The molecule has 174 valence electrons. The number of sulfonamides is 1. The molecule has 0 spiro atoms. The highest BCUT2D eigenvalue weighted by Crippen LogP contribution is 2.34. The van der Waals surface area contributed by atoms with Gasteiger partial charge in [0.1, 0.15) is 0 Å². The van der Waals surface area contributed by atoms with E-state index in [0.29, 0.717) is 25.5 Å². The van der Waals surface area contributed by atoms with Gasteiger partial charge in [0, 0.05) is 37.6 Å². The van der Waals surface area contributed by atoms with Crippen molar-refractivity contribution in [1.82, 2.24) is 9.29 Å². The van der Waals surface area contributed by atoms with Crippen molar-refractivity contribution in [3.8, 4) is 0 Å². The minimum atomic E-state index is -3.34. The SMILES string of the molecule is Cn1ccc(N2CC[C@H](NS(C)(=O)=O)[C@@H]2COC2CCC(c3ccccc3)CC2)cc1=O. The van der Waals surface area contributed by atoms with Crippen molar-refractivity contribution < 1.29 is 13.2 Å². The third-order valence-corrected chi connectivity index (χ3v) is 7.51. The van der Waals surface area contributed by atoms with Crippen molar-refractivity contribution >= 4 is 15.7 Å². The van der Waals surface area contributed by atoms with Crippen molar-refractivity contribution in [2.24, 2.45) is 7.05 Å². The lowest BCUT2D eigenvalue weighted by Gasteiger charge is -2.33. The number of pyridine rings is 1. The summed E-state index contributed by atoms with van der Waals surface area (Å²) in [5.74, 6) is 0.583. The predicted molar refractivity (Wildman–Crippen MR) is 127 cm³/mol. The van der Waals surface area contributed by atoms with Gasteiger partial charge in [0.2, 0.25) is 10.0 Å². The van der Waals surface area contributed by atoms with E-state index >= 15 is 0 Å². The van der Waals surface area contributed by atoms with E-state index in [4.69, 9.17) is 4.74 Å². The maximum atomic E-state index is 12.2. The third kappa shape index (κ3) is 5.60. The Morgan fingerprint density at radius 1 is 1.06 bits per heavy atom. The lowest BCUT2D eigenvalue weighted by atomic mass is 9.83. The van der Waals surface area contributed by atoms with E-state index in [2.05, 4.69) is 40.0 Å². The molecule has 1 aromatic heterocycles. The number of ether oxygens (including phenoxy) is 1. The molecule has 2 aliphatic rings. The third-order valence-electron chi connectivity index (χ3n) is 6.78. The van der Waals surface area contributed by atoms with Crippen LogP contribution in [0.2, 0.25) is 0 Å². The Kier molecular flexibility index (Phi) is 7.02. The second-order valence-corrected chi connectivity index (χ2v) is 10.9. The number of aromatic nitrogens is 1. The van der Waals surface area contributed by atoms with E-state index in [1.165, 1.54) is 16.4 Å². The number of nitrogens with one attached hydrogen (secondary N) is 1. The van der Waals surface area contributed by atoms with Crippen molar-refractivity contribution in [2.75, 3.05) is 24.3 Å². The van der Waals surface area contributed by atoms with Crippen LogP contribution in [0.25, 0.3) is 0 Å². The van der Waals surface area contributed by atoms with Crippen LogP contribution in [0.3, 0.4) is 0 Å². The highest BCUT2D eigenvalue weighted by molar-refractivity contribution is 7.88. The standard InChI is InChI=1S/C24H33N3O4S/c1-26-14-12-20(16-24(26)28)27-15-13-22(25-32(2,29)30)23(27)17-31-21-10-8-19(9-11-21)18-6-4-3-5-7-18/h3-7,12,14,16,19,21-23,25H,8-11,13,15,17H2,1-2H3/t19?,21?,22-,23-/m0/s1. The number of benzene rings is 1. The van der Waals surface area contributed by atoms with Crippen LogP contribution in [-0.2, 0) is 21.8 Å². The van der Waals surface area contributed by atoms with Crippen LogP contribution in [0.5, 0.6) is 0 Å². The summed E-state index contributed by atoms with van der Waals surface area (Å²) < 4.78 is 34.5. The summed E-state index contributed by atoms with van der Waals surface area (Å²) in [6, 6.07) is 13.8. The fraction of sp³-hybridized carbons (Fsp3) is 0.542. The van der Waals surface area contributed by atoms with Crippen LogP contribution in [-0.4, -0.2) is 50.6 Å². The van der Waals surface area contributed by atoms with Gasteiger partial charge in [-0.25, -0.2) is 13.1 Å². The Labute approximate surface area is 190 Å². The van der Waals surface area contributed by atoms with Gasteiger partial charge < -0.3 is 14.2 Å². The van der Waals surface area contributed by atoms with Gasteiger partial charge in [0.05, 0.1) is 25.0 Å². The minimum absolute atomic E-state index is 0.0825. The molecule has 2 aromatic rings. The van der Waals surface area contributed by atoms with E-state index in [1.54, 1.807) is 19.3 Å². The molecule has 1 aliphatic heterocycles. The summed E-state index contributed by atoms with van der Waals surface area (Å²) in [6.07, 6.45) is 8.00. The second-order valence-electron chi connectivity index (χ2n) is 9.10. The second kappa shape index (κ2) is 9.77. The molecule has 2 atom stereocenters. The molecular formula is C24H33N3O4S. The smallest absolute Gasteiger partial charge is 0.252 e. The Morgan fingerprint density at radius 3 is 2.44 bits per heavy atom. The average molecular weight is 460 g/mol. The van der Waals surface area contributed by atoms with Crippen molar-refractivity contribution in [1.29, 1.82) is 0 Å². The first-order chi connectivity index (χ1) is 15.3. The topological polar surface area (TPSA) is 80.6 Å². The van der Waals surface area contributed by atoms with Gasteiger partial charge in [-0.3, -0.25) is 4.79 Å². The summed E-state index contributed by atoms with van der Waals surface area (Å²) in [6.45, 7) is 1.11. The number of nitrogens with zero attached hydrogens (tertiary/aromatic N) is 2. The Hall–Kier alpha value is -2.16. The zero-order chi connectivity index (χ0) is 22.7. The molecule has 32 heavy (non-hydrogen) atoms. The number of hydrogen-bond donors (Lipinski definition) is 1. The van der Waals surface area contributed by atoms with Gasteiger partial charge in [0.15, 0.2) is 0 Å². The number of aryl methyl sites for hydroxylation is 1. The molecule has 1 aromatic carbocycles. The summed E-state index contributed by atoms with van der Waals surface area (Å²) in [5.41, 5.74) is 2.13. The van der Waals surface area contributed by atoms with Gasteiger partial charge in [-0.1, -0.05) is 30.3 Å². The largest absolute Gasteiger partial charge is 0.376 e. The van der Waals surface area contributed by atoms with E-state index in [0.717, 1.165) is 31.4 Å². The predicted octanol–water partition coefficient (Wildman–Crippen LogP) is 2.62. The van der Waals surface area contributed by atoms with E-state index in [1.807, 2.05) is 6.07 Å². The molecule has 8 heteroatoms. The first-order valence-electron chi connectivity index (χ1n) is 11.4. The molecule has 1 N–H and O–H groups in total. The molecule has 2 heterocycles. The Morgan fingerprint density at radius 2 is 1.78 bits per heavy atom. The highest BCUT2D eigenvalue weighted by atomic mass is 32.2. The van der Waals surface area contributed by atoms with Crippen molar-refractivity contribution in [2.45, 2.75) is 56.2 Å². The zero-order valence-corrected chi connectivity index (χ0v) is 19.6. The molecule has 2 fully saturated rings. The van der Waals surface area contributed by atoms with Gasteiger partial charge in [0.25, 0.3) is 5.56 Å². The van der Waals surface area contributed by atoms with Gasteiger partial charge >= 0.3 is 0 Å². The van der Waals surface area contributed by atoms with Crippen LogP contribution in [0.1, 0.15) is 43.6 Å². The minimum Gasteiger partial charge on any atom is -0.376 e. The van der Waals surface area contributed by atoms with Crippen LogP contribution in [0.15, 0.2) is 53.5 Å². The Balaban J connectivity index is 1.42. The molecule has 1 aliphatic carbocycles. The molecule has 0 amide bonds.